The maximum Gasteiger partial charge on any atom is 0.201 e. The molecule has 0 atom stereocenters. The van der Waals surface area contributed by atoms with Crippen molar-refractivity contribution in [3.05, 3.63) is 63.9 Å². The fourth-order valence-electron chi connectivity index (χ4n) is 1.79. The van der Waals surface area contributed by atoms with E-state index in [0.717, 1.165) is 6.07 Å². The number of carbonyl (C=O) groups is 2. The summed E-state index contributed by atoms with van der Waals surface area (Å²) in [6.45, 7) is 1.08. The molecule has 0 saturated heterocycles. The van der Waals surface area contributed by atoms with Crippen molar-refractivity contribution in [3.8, 4) is 5.75 Å². The minimum atomic E-state index is -0.659. The number of ketones is 2. The van der Waals surface area contributed by atoms with Gasteiger partial charge in [0.25, 0.3) is 0 Å². The lowest BCUT2D eigenvalue weighted by molar-refractivity contribution is 0.0919. The monoisotopic (exact) mass is 350 g/mol. The molecule has 0 unspecified atom stereocenters. The molecule has 2 aromatic rings. The molecule has 0 spiro atoms. The van der Waals surface area contributed by atoms with E-state index in [0.29, 0.717) is 10.0 Å². The Hall–Kier alpha value is -2.01. The van der Waals surface area contributed by atoms with E-state index in [9.17, 15) is 14.0 Å². The zero-order chi connectivity index (χ0) is 15.4. The van der Waals surface area contributed by atoms with Gasteiger partial charge in [0.15, 0.2) is 12.4 Å². The Kier molecular flexibility index (Phi) is 4.85. The molecule has 0 aliphatic heterocycles. The molecule has 0 aromatic heterocycles. The minimum Gasteiger partial charge on any atom is -0.485 e. The molecule has 0 bridgehead atoms. The number of benzene rings is 2. The molecule has 0 radical (unpaired) electrons. The van der Waals surface area contributed by atoms with Gasteiger partial charge < -0.3 is 4.74 Å². The molecule has 0 fully saturated rings. The second-order valence-electron chi connectivity index (χ2n) is 4.39. The van der Waals surface area contributed by atoms with Crippen molar-refractivity contribution in [2.24, 2.45) is 0 Å². The van der Waals surface area contributed by atoms with Gasteiger partial charge in [0.2, 0.25) is 5.78 Å². The molecule has 0 N–H and O–H groups in total. The quantitative estimate of drug-likeness (QED) is 0.764. The molecule has 0 saturated carbocycles. The molecular formula is C16H12BrFO3. The maximum absolute atomic E-state index is 13.6. The van der Waals surface area contributed by atoms with E-state index in [1.807, 2.05) is 0 Å². The highest BCUT2D eigenvalue weighted by molar-refractivity contribution is 9.10. The number of halogens is 2. The summed E-state index contributed by atoms with van der Waals surface area (Å²) in [7, 11) is 0. The van der Waals surface area contributed by atoms with Crippen molar-refractivity contribution in [1.82, 2.24) is 0 Å². The first-order valence-corrected chi connectivity index (χ1v) is 6.99. The Balaban J connectivity index is 2.07. The van der Waals surface area contributed by atoms with Crippen molar-refractivity contribution in [2.45, 2.75) is 6.92 Å². The first-order valence-electron chi connectivity index (χ1n) is 6.20. The minimum absolute atomic E-state index is 0.000481. The van der Waals surface area contributed by atoms with Crippen molar-refractivity contribution in [1.29, 1.82) is 0 Å². The lowest BCUT2D eigenvalue weighted by Crippen LogP contribution is -2.12. The number of carbonyl (C=O) groups excluding carboxylic acids is 2. The van der Waals surface area contributed by atoms with Gasteiger partial charge in [-0.2, -0.15) is 0 Å². The zero-order valence-corrected chi connectivity index (χ0v) is 12.8. The fourth-order valence-corrected chi connectivity index (χ4v) is 2.29. The standard InChI is InChI=1S/C16H12BrFO3/c1-10(19)12-7-6-11(8-15(12)18)21-9-16(20)13-4-2-3-5-14(13)17/h2-8H,9H2,1H3. The van der Waals surface area contributed by atoms with Crippen LogP contribution in [0, 0.1) is 5.82 Å². The van der Waals surface area contributed by atoms with Gasteiger partial charge in [-0.1, -0.05) is 34.1 Å². The van der Waals surface area contributed by atoms with Crippen LogP contribution in [-0.2, 0) is 0 Å². The van der Waals surface area contributed by atoms with Crippen LogP contribution in [0.4, 0.5) is 4.39 Å². The molecule has 5 heteroatoms. The molecule has 3 nitrogen and oxygen atoms in total. The van der Waals surface area contributed by atoms with Crippen LogP contribution in [0.5, 0.6) is 5.75 Å². The number of ether oxygens (including phenoxy) is 1. The smallest absolute Gasteiger partial charge is 0.201 e. The summed E-state index contributed by atoms with van der Waals surface area (Å²) in [4.78, 5) is 23.1. The summed E-state index contributed by atoms with van der Waals surface area (Å²) < 4.78 is 19.6. The van der Waals surface area contributed by atoms with Crippen LogP contribution < -0.4 is 4.74 Å². The number of hydrogen-bond acceptors (Lipinski definition) is 3. The third-order valence-electron chi connectivity index (χ3n) is 2.86. The molecule has 2 rings (SSSR count). The molecule has 0 aliphatic rings. The van der Waals surface area contributed by atoms with Gasteiger partial charge in [0.05, 0.1) is 5.56 Å². The van der Waals surface area contributed by atoms with Crippen LogP contribution >= 0.6 is 15.9 Å². The SMILES string of the molecule is CC(=O)c1ccc(OCC(=O)c2ccccc2Br)cc1F. The van der Waals surface area contributed by atoms with Gasteiger partial charge in [0.1, 0.15) is 11.6 Å². The Morgan fingerprint density at radius 2 is 1.86 bits per heavy atom. The third-order valence-corrected chi connectivity index (χ3v) is 3.56. The van der Waals surface area contributed by atoms with Gasteiger partial charge >= 0.3 is 0 Å². The van der Waals surface area contributed by atoms with E-state index in [-0.39, 0.29) is 29.5 Å². The highest BCUT2D eigenvalue weighted by atomic mass is 79.9. The van der Waals surface area contributed by atoms with E-state index in [1.54, 1.807) is 24.3 Å². The Labute approximate surface area is 129 Å². The van der Waals surface area contributed by atoms with Crippen LogP contribution in [0.15, 0.2) is 46.9 Å². The first-order chi connectivity index (χ1) is 9.99. The molecule has 0 aliphatic carbocycles. The van der Waals surface area contributed by atoms with E-state index >= 15 is 0 Å². The molecule has 0 heterocycles. The van der Waals surface area contributed by atoms with Crippen molar-refractivity contribution in [2.75, 3.05) is 6.61 Å². The van der Waals surface area contributed by atoms with Crippen LogP contribution in [-0.4, -0.2) is 18.2 Å². The fraction of sp³-hybridized carbons (Fsp3) is 0.125. The molecular weight excluding hydrogens is 339 g/mol. The van der Waals surface area contributed by atoms with Gasteiger partial charge in [-0.25, -0.2) is 4.39 Å². The summed E-state index contributed by atoms with van der Waals surface area (Å²) in [6.07, 6.45) is 0. The largest absolute Gasteiger partial charge is 0.485 e. The molecule has 21 heavy (non-hydrogen) atoms. The van der Waals surface area contributed by atoms with Gasteiger partial charge in [0, 0.05) is 16.1 Å². The van der Waals surface area contributed by atoms with Gasteiger partial charge in [-0.3, -0.25) is 9.59 Å². The van der Waals surface area contributed by atoms with Crippen molar-refractivity contribution >= 4 is 27.5 Å². The van der Waals surface area contributed by atoms with Gasteiger partial charge in [-0.15, -0.1) is 0 Å². The highest BCUT2D eigenvalue weighted by Crippen LogP contribution is 2.19. The summed E-state index contributed by atoms with van der Waals surface area (Å²) in [5.74, 6) is -1.03. The molecule has 2 aromatic carbocycles. The van der Waals surface area contributed by atoms with E-state index in [4.69, 9.17) is 4.74 Å². The van der Waals surface area contributed by atoms with Crippen LogP contribution in [0.3, 0.4) is 0 Å². The predicted octanol–water partition coefficient (Wildman–Crippen LogP) is 4.05. The normalized spacial score (nSPS) is 10.2. The lowest BCUT2D eigenvalue weighted by Gasteiger charge is -2.08. The van der Waals surface area contributed by atoms with E-state index in [2.05, 4.69) is 15.9 Å². The number of rotatable bonds is 5. The first kappa shape index (κ1) is 15.4. The lowest BCUT2D eigenvalue weighted by atomic mass is 10.1. The summed E-state index contributed by atoms with van der Waals surface area (Å²) >= 11 is 3.29. The zero-order valence-electron chi connectivity index (χ0n) is 11.2. The summed E-state index contributed by atoms with van der Waals surface area (Å²) in [5, 5.41) is 0. The topological polar surface area (TPSA) is 43.4 Å². The van der Waals surface area contributed by atoms with Crippen LogP contribution in [0.1, 0.15) is 27.6 Å². The molecule has 108 valence electrons. The summed E-state index contributed by atoms with van der Waals surface area (Å²) in [6, 6.07) is 10.9. The number of Topliss-reactive ketones (excluding diaryl/α,β-unsaturated/α-hetero) is 2. The maximum atomic E-state index is 13.6. The highest BCUT2D eigenvalue weighted by Gasteiger charge is 2.12. The van der Waals surface area contributed by atoms with Crippen molar-refractivity contribution < 1.29 is 18.7 Å². The van der Waals surface area contributed by atoms with Gasteiger partial charge in [-0.05, 0) is 25.1 Å². The van der Waals surface area contributed by atoms with Crippen LogP contribution in [0.25, 0.3) is 0 Å². The second-order valence-corrected chi connectivity index (χ2v) is 5.24. The van der Waals surface area contributed by atoms with E-state index < -0.39 is 5.82 Å². The van der Waals surface area contributed by atoms with Crippen LogP contribution in [0.2, 0.25) is 0 Å². The van der Waals surface area contributed by atoms with Crippen molar-refractivity contribution in [3.63, 3.8) is 0 Å². The Morgan fingerprint density at radius 3 is 2.48 bits per heavy atom. The predicted molar refractivity (Wildman–Crippen MR) is 80.4 cm³/mol. The average Bonchev–Trinajstić information content (AvgIpc) is 2.45. The van der Waals surface area contributed by atoms with E-state index in [1.165, 1.54) is 19.1 Å². The molecule has 0 amide bonds. The average molecular weight is 351 g/mol. The Bertz CT molecular complexity index is 698. The Morgan fingerprint density at radius 1 is 1.14 bits per heavy atom. The third kappa shape index (κ3) is 3.76. The number of hydrogen-bond donors (Lipinski definition) is 0. The second kappa shape index (κ2) is 6.63. The summed E-state index contributed by atoms with van der Waals surface area (Å²) in [5.41, 5.74) is 0.498.